The number of anilines is 5. The molecule has 0 unspecified atom stereocenters. The first-order chi connectivity index (χ1) is 27.3. The highest BCUT2D eigenvalue weighted by Gasteiger charge is 2.32. The summed E-state index contributed by atoms with van der Waals surface area (Å²) in [5.74, 6) is 0. The first-order valence-electron chi connectivity index (χ1n) is 19.1. The number of furan rings is 1. The summed E-state index contributed by atoms with van der Waals surface area (Å²) in [6.07, 6.45) is 4.44. The SMILES string of the molecule is C1=C2c3c(ccc(-c4ccc(N(c5ccc(-c6ccccc6)cc5)c5ccc6oc7ccccc7c6c5)cc4)c3CC1)-c1ccccc1N2c1ccccc1. The number of nitrogens with zero attached hydrogens (tertiary/aromatic N) is 2. The summed E-state index contributed by atoms with van der Waals surface area (Å²) in [7, 11) is 0. The van der Waals surface area contributed by atoms with Crippen molar-refractivity contribution < 1.29 is 4.42 Å². The summed E-state index contributed by atoms with van der Waals surface area (Å²) >= 11 is 0. The number of fused-ring (bicyclic) bond motifs is 5. The van der Waals surface area contributed by atoms with Gasteiger partial charge in [-0.3, -0.25) is 0 Å². The maximum Gasteiger partial charge on any atom is 0.135 e. The summed E-state index contributed by atoms with van der Waals surface area (Å²) < 4.78 is 6.23. The molecule has 0 amide bonds. The number of benzene rings is 8. The van der Waals surface area contributed by atoms with Gasteiger partial charge in [0.15, 0.2) is 0 Å². The van der Waals surface area contributed by atoms with E-state index in [4.69, 9.17) is 4.42 Å². The molecule has 3 heteroatoms. The second kappa shape index (κ2) is 12.8. The van der Waals surface area contributed by atoms with Crippen LogP contribution in [-0.2, 0) is 6.42 Å². The maximum absolute atomic E-state index is 6.23. The lowest BCUT2D eigenvalue weighted by atomic mass is 9.80. The van der Waals surface area contributed by atoms with Gasteiger partial charge in [0.2, 0.25) is 0 Å². The predicted octanol–water partition coefficient (Wildman–Crippen LogP) is 14.5. The summed E-state index contributed by atoms with van der Waals surface area (Å²) in [6.45, 7) is 0. The molecule has 0 bridgehead atoms. The zero-order chi connectivity index (χ0) is 36.3. The van der Waals surface area contributed by atoms with Gasteiger partial charge in [0, 0.05) is 44.6 Å². The average molecular weight is 705 g/mol. The summed E-state index contributed by atoms with van der Waals surface area (Å²) in [4.78, 5) is 4.81. The first-order valence-corrected chi connectivity index (χ1v) is 19.1. The molecule has 0 atom stereocenters. The Bertz CT molecular complexity index is 2910. The molecule has 260 valence electrons. The van der Waals surface area contributed by atoms with Crippen LogP contribution in [0.5, 0.6) is 0 Å². The lowest BCUT2D eigenvalue weighted by Gasteiger charge is -2.38. The number of hydrogen-bond donors (Lipinski definition) is 0. The third-order valence-corrected chi connectivity index (χ3v) is 11.3. The Hall–Kier alpha value is -7.10. The highest BCUT2D eigenvalue weighted by atomic mass is 16.3. The Morgan fingerprint density at radius 3 is 1.87 bits per heavy atom. The minimum atomic E-state index is 0.892. The largest absolute Gasteiger partial charge is 0.456 e. The van der Waals surface area contributed by atoms with Gasteiger partial charge in [-0.05, 0) is 113 Å². The number of rotatable bonds is 6. The van der Waals surface area contributed by atoms with E-state index in [0.29, 0.717) is 0 Å². The smallest absolute Gasteiger partial charge is 0.135 e. The van der Waals surface area contributed by atoms with Crippen molar-refractivity contribution in [3.8, 4) is 33.4 Å². The molecule has 0 spiro atoms. The molecule has 0 radical (unpaired) electrons. The van der Waals surface area contributed by atoms with Crippen LogP contribution in [-0.4, -0.2) is 0 Å². The van der Waals surface area contributed by atoms with Crippen molar-refractivity contribution >= 4 is 56.1 Å². The van der Waals surface area contributed by atoms with Crippen LogP contribution in [0.25, 0.3) is 61.0 Å². The molecule has 55 heavy (non-hydrogen) atoms. The summed E-state index contributed by atoms with van der Waals surface area (Å²) in [6, 6.07) is 67.7. The molecule has 0 saturated heterocycles. The molecule has 2 heterocycles. The van der Waals surface area contributed by atoms with Crippen molar-refractivity contribution in [1.82, 2.24) is 0 Å². The molecule has 1 aromatic heterocycles. The van der Waals surface area contributed by atoms with Crippen molar-refractivity contribution in [1.29, 1.82) is 0 Å². The molecule has 1 aliphatic heterocycles. The van der Waals surface area contributed by atoms with Crippen molar-refractivity contribution in [2.45, 2.75) is 12.8 Å². The number of hydrogen-bond acceptors (Lipinski definition) is 3. The monoisotopic (exact) mass is 704 g/mol. The van der Waals surface area contributed by atoms with E-state index < -0.39 is 0 Å². The van der Waals surface area contributed by atoms with Crippen LogP contribution in [0.15, 0.2) is 199 Å². The highest BCUT2D eigenvalue weighted by molar-refractivity contribution is 6.07. The van der Waals surface area contributed by atoms with Crippen LogP contribution in [0.1, 0.15) is 17.5 Å². The van der Waals surface area contributed by atoms with Gasteiger partial charge < -0.3 is 14.2 Å². The minimum Gasteiger partial charge on any atom is -0.456 e. The zero-order valence-electron chi connectivity index (χ0n) is 30.2. The lowest BCUT2D eigenvalue weighted by Crippen LogP contribution is -2.23. The first kappa shape index (κ1) is 31.4. The molecular formula is C52H36N2O. The van der Waals surface area contributed by atoms with E-state index in [0.717, 1.165) is 51.8 Å². The van der Waals surface area contributed by atoms with Gasteiger partial charge in [-0.2, -0.15) is 0 Å². The molecule has 2 aliphatic rings. The van der Waals surface area contributed by atoms with Crippen LogP contribution < -0.4 is 9.80 Å². The van der Waals surface area contributed by atoms with Crippen molar-refractivity contribution in [3.63, 3.8) is 0 Å². The highest BCUT2D eigenvalue weighted by Crippen LogP contribution is 2.52. The molecule has 0 N–H and O–H groups in total. The molecule has 9 aromatic rings. The minimum absolute atomic E-state index is 0.892. The molecule has 0 fully saturated rings. The fourth-order valence-corrected chi connectivity index (χ4v) is 8.76. The van der Waals surface area contributed by atoms with E-state index in [1.165, 1.54) is 61.6 Å². The standard InChI is InChI=1S/C52H36N2O/c1-3-12-35(13-4-1)36-22-26-39(27-23-36)53(41-30-33-51-47(34-41)44-17-8-10-21-50(44)55-51)40-28-24-37(25-29-40)42-31-32-46-43-16-7-9-19-48(43)54(38-14-5-2-6-15-38)49-20-11-18-45(42)52(46)49/h1-10,12-17,19-34H,11,18H2. The third-order valence-electron chi connectivity index (χ3n) is 11.3. The van der Waals surface area contributed by atoms with E-state index in [1.807, 2.05) is 12.1 Å². The Balaban J connectivity index is 1.02. The summed E-state index contributed by atoms with van der Waals surface area (Å²) in [5.41, 5.74) is 19.1. The van der Waals surface area contributed by atoms with E-state index in [9.17, 15) is 0 Å². The maximum atomic E-state index is 6.23. The van der Waals surface area contributed by atoms with Crippen LogP contribution in [0, 0.1) is 0 Å². The van der Waals surface area contributed by atoms with Crippen molar-refractivity contribution in [3.05, 3.63) is 205 Å². The normalized spacial score (nSPS) is 13.0. The van der Waals surface area contributed by atoms with Gasteiger partial charge in [-0.15, -0.1) is 0 Å². The van der Waals surface area contributed by atoms with Crippen molar-refractivity contribution in [2.24, 2.45) is 0 Å². The van der Waals surface area contributed by atoms with Gasteiger partial charge in [0.1, 0.15) is 11.2 Å². The third kappa shape index (κ3) is 5.20. The lowest BCUT2D eigenvalue weighted by molar-refractivity contribution is 0.669. The molecule has 3 nitrogen and oxygen atoms in total. The second-order valence-electron chi connectivity index (χ2n) is 14.4. The number of allylic oxidation sites excluding steroid dienone is 1. The molecule has 8 aromatic carbocycles. The van der Waals surface area contributed by atoms with Gasteiger partial charge in [-0.25, -0.2) is 0 Å². The molecule has 0 saturated carbocycles. The Labute approximate surface area is 320 Å². The average Bonchev–Trinajstić information content (AvgIpc) is 3.63. The van der Waals surface area contributed by atoms with Crippen molar-refractivity contribution in [2.75, 3.05) is 9.80 Å². The van der Waals surface area contributed by atoms with Crippen LogP contribution in [0.4, 0.5) is 28.4 Å². The fourth-order valence-electron chi connectivity index (χ4n) is 8.76. The number of para-hydroxylation sites is 3. The summed E-state index contributed by atoms with van der Waals surface area (Å²) in [5, 5.41) is 2.23. The van der Waals surface area contributed by atoms with Crippen LogP contribution in [0.2, 0.25) is 0 Å². The molecular weight excluding hydrogens is 669 g/mol. The quantitative estimate of drug-likeness (QED) is 0.172. The fraction of sp³-hybridized carbons (Fsp3) is 0.0385. The zero-order valence-corrected chi connectivity index (χ0v) is 30.2. The Morgan fingerprint density at radius 2 is 1.07 bits per heavy atom. The van der Waals surface area contributed by atoms with E-state index in [2.05, 4.69) is 192 Å². The second-order valence-corrected chi connectivity index (χ2v) is 14.4. The van der Waals surface area contributed by atoms with Crippen LogP contribution >= 0.6 is 0 Å². The topological polar surface area (TPSA) is 19.6 Å². The van der Waals surface area contributed by atoms with Gasteiger partial charge in [0.25, 0.3) is 0 Å². The molecule has 11 rings (SSSR count). The Kier molecular flexibility index (Phi) is 7.31. The van der Waals surface area contributed by atoms with Gasteiger partial charge in [0.05, 0.1) is 11.4 Å². The van der Waals surface area contributed by atoms with E-state index >= 15 is 0 Å². The van der Waals surface area contributed by atoms with Gasteiger partial charge in [-0.1, -0.05) is 127 Å². The van der Waals surface area contributed by atoms with E-state index in [1.54, 1.807) is 0 Å². The van der Waals surface area contributed by atoms with Gasteiger partial charge >= 0.3 is 0 Å². The molecule has 1 aliphatic carbocycles. The Morgan fingerprint density at radius 1 is 0.455 bits per heavy atom. The van der Waals surface area contributed by atoms with Crippen LogP contribution in [0.3, 0.4) is 0 Å². The predicted molar refractivity (Wildman–Crippen MR) is 230 cm³/mol. The van der Waals surface area contributed by atoms with E-state index in [-0.39, 0.29) is 0 Å².